The minimum Gasteiger partial charge on any atom is -0.465 e. The van der Waals surface area contributed by atoms with Gasteiger partial charge >= 0.3 is 5.97 Å². The van der Waals surface area contributed by atoms with Crippen LogP contribution in [-0.2, 0) is 15.3 Å². The zero-order valence-corrected chi connectivity index (χ0v) is 12.9. The number of ether oxygens (including phenoxy) is 1. The van der Waals surface area contributed by atoms with Gasteiger partial charge in [-0.25, -0.2) is 4.98 Å². The number of esters is 1. The molecule has 1 atom stereocenters. The Labute approximate surface area is 127 Å². The Morgan fingerprint density at radius 2 is 2.26 bits per heavy atom. The molecule has 0 aliphatic heterocycles. The standard InChI is InChI=1S/C12H16Cl2N2O2S/c1-2-18-12(17)9(15)5-6-19-7-8-3-4-10(13)16-11(8)14/h3-4,9H,2,5-7,15H2,1H3. The molecule has 7 heteroatoms. The molecule has 1 unspecified atom stereocenters. The summed E-state index contributed by atoms with van der Waals surface area (Å²) >= 11 is 13.3. The van der Waals surface area contributed by atoms with Crippen molar-refractivity contribution >= 4 is 40.9 Å². The monoisotopic (exact) mass is 322 g/mol. The van der Waals surface area contributed by atoms with Crippen LogP contribution in [-0.4, -0.2) is 29.4 Å². The molecule has 1 heterocycles. The summed E-state index contributed by atoms with van der Waals surface area (Å²) in [6, 6.07) is 2.98. The van der Waals surface area contributed by atoms with E-state index in [1.807, 2.05) is 6.07 Å². The van der Waals surface area contributed by atoms with E-state index in [4.69, 9.17) is 33.7 Å². The fourth-order valence-electron chi connectivity index (χ4n) is 1.31. The van der Waals surface area contributed by atoms with Crippen LogP contribution in [0.4, 0.5) is 0 Å². The van der Waals surface area contributed by atoms with Gasteiger partial charge in [0, 0.05) is 5.75 Å². The summed E-state index contributed by atoms with van der Waals surface area (Å²) in [6.45, 7) is 2.11. The molecule has 1 aromatic heterocycles. The van der Waals surface area contributed by atoms with Gasteiger partial charge in [0.15, 0.2) is 0 Å². The molecule has 0 spiro atoms. The summed E-state index contributed by atoms with van der Waals surface area (Å²) in [5, 5.41) is 0.790. The van der Waals surface area contributed by atoms with E-state index in [0.717, 1.165) is 11.3 Å². The zero-order chi connectivity index (χ0) is 14.3. The third kappa shape index (κ3) is 5.99. The van der Waals surface area contributed by atoms with Crippen LogP contribution in [0.1, 0.15) is 18.9 Å². The lowest BCUT2D eigenvalue weighted by Gasteiger charge is -2.10. The third-order valence-electron chi connectivity index (χ3n) is 2.31. The molecule has 1 rings (SSSR count). The van der Waals surface area contributed by atoms with E-state index in [9.17, 15) is 4.79 Å². The number of nitrogens with zero attached hydrogens (tertiary/aromatic N) is 1. The molecule has 1 aromatic rings. The van der Waals surface area contributed by atoms with Crippen LogP contribution in [0.15, 0.2) is 12.1 Å². The van der Waals surface area contributed by atoms with Gasteiger partial charge in [0.25, 0.3) is 0 Å². The molecule has 0 aromatic carbocycles. The molecule has 0 aliphatic rings. The van der Waals surface area contributed by atoms with Crippen molar-refractivity contribution in [2.45, 2.75) is 25.1 Å². The van der Waals surface area contributed by atoms with Crippen LogP contribution in [0.25, 0.3) is 0 Å². The number of halogens is 2. The van der Waals surface area contributed by atoms with Crippen molar-refractivity contribution in [3.63, 3.8) is 0 Å². The number of rotatable bonds is 7. The first-order valence-electron chi connectivity index (χ1n) is 5.85. The van der Waals surface area contributed by atoms with Gasteiger partial charge in [-0.3, -0.25) is 4.79 Å². The summed E-state index contributed by atoms with van der Waals surface area (Å²) in [7, 11) is 0. The SMILES string of the molecule is CCOC(=O)C(N)CCSCc1ccc(Cl)nc1Cl. The average molecular weight is 323 g/mol. The molecule has 2 N–H and O–H groups in total. The van der Waals surface area contributed by atoms with Crippen molar-refractivity contribution in [3.05, 3.63) is 28.0 Å². The lowest BCUT2D eigenvalue weighted by molar-refractivity contribution is -0.144. The Kier molecular flexibility index (Phi) is 7.53. The fraction of sp³-hybridized carbons (Fsp3) is 0.500. The molecule has 19 heavy (non-hydrogen) atoms. The molecular formula is C12H16Cl2N2O2S. The molecule has 4 nitrogen and oxygen atoms in total. The highest BCUT2D eigenvalue weighted by atomic mass is 35.5. The van der Waals surface area contributed by atoms with Crippen LogP contribution in [0.5, 0.6) is 0 Å². The number of carbonyl (C=O) groups is 1. The van der Waals surface area contributed by atoms with Gasteiger partial charge in [0.05, 0.1) is 6.61 Å². The van der Waals surface area contributed by atoms with E-state index in [2.05, 4.69) is 4.98 Å². The largest absolute Gasteiger partial charge is 0.465 e. The lowest BCUT2D eigenvalue weighted by atomic mass is 10.2. The summed E-state index contributed by atoms with van der Waals surface area (Å²) in [6.07, 6.45) is 0.572. The van der Waals surface area contributed by atoms with Crippen molar-refractivity contribution in [1.82, 2.24) is 4.98 Å². The fourth-order valence-corrected chi connectivity index (χ4v) is 2.82. The van der Waals surface area contributed by atoms with Gasteiger partial charge in [-0.1, -0.05) is 29.3 Å². The van der Waals surface area contributed by atoms with Crippen LogP contribution in [0.3, 0.4) is 0 Å². The number of thioether (sulfide) groups is 1. The van der Waals surface area contributed by atoms with E-state index in [1.165, 1.54) is 0 Å². The molecule has 0 amide bonds. The van der Waals surface area contributed by atoms with Crippen LogP contribution < -0.4 is 5.73 Å². The number of nitrogens with two attached hydrogens (primary N) is 1. The van der Waals surface area contributed by atoms with E-state index < -0.39 is 6.04 Å². The van der Waals surface area contributed by atoms with Crippen LogP contribution >= 0.6 is 35.0 Å². The maximum atomic E-state index is 11.3. The lowest BCUT2D eigenvalue weighted by Crippen LogP contribution is -2.32. The molecule has 0 fully saturated rings. The van der Waals surface area contributed by atoms with Gasteiger partial charge in [0.2, 0.25) is 0 Å². The number of pyridine rings is 1. The highest BCUT2D eigenvalue weighted by Gasteiger charge is 2.13. The Bertz CT molecular complexity index is 432. The van der Waals surface area contributed by atoms with Crippen LogP contribution in [0, 0.1) is 0 Å². The van der Waals surface area contributed by atoms with Gasteiger partial charge in [-0.2, -0.15) is 11.8 Å². The maximum Gasteiger partial charge on any atom is 0.322 e. The second kappa shape index (κ2) is 8.64. The van der Waals surface area contributed by atoms with Gasteiger partial charge in [-0.05, 0) is 30.7 Å². The van der Waals surface area contributed by atoms with E-state index in [0.29, 0.717) is 29.1 Å². The zero-order valence-electron chi connectivity index (χ0n) is 10.6. The Morgan fingerprint density at radius 1 is 1.53 bits per heavy atom. The second-order valence-electron chi connectivity index (χ2n) is 3.78. The van der Waals surface area contributed by atoms with E-state index >= 15 is 0 Å². The summed E-state index contributed by atoms with van der Waals surface area (Å²) in [5.74, 6) is 1.10. The minimum atomic E-state index is -0.564. The molecule has 0 saturated carbocycles. The molecule has 106 valence electrons. The number of aromatic nitrogens is 1. The Morgan fingerprint density at radius 3 is 2.89 bits per heavy atom. The quantitative estimate of drug-likeness (QED) is 0.475. The number of hydrogen-bond acceptors (Lipinski definition) is 5. The molecule has 0 bridgehead atoms. The molecular weight excluding hydrogens is 307 g/mol. The van der Waals surface area contributed by atoms with Crippen molar-refractivity contribution in [2.75, 3.05) is 12.4 Å². The predicted molar refractivity (Wildman–Crippen MR) is 79.6 cm³/mol. The highest BCUT2D eigenvalue weighted by molar-refractivity contribution is 7.98. The Hall–Kier alpha value is -0.490. The van der Waals surface area contributed by atoms with Gasteiger partial charge in [0.1, 0.15) is 16.3 Å². The maximum absolute atomic E-state index is 11.3. The first kappa shape index (κ1) is 16.6. The first-order chi connectivity index (χ1) is 9.04. The second-order valence-corrected chi connectivity index (χ2v) is 5.63. The van der Waals surface area contributed by atoms with Crippen molar-refractivity contribution < 1.29 is 9.53 Å². The van der Waals surface area contributed by atoms with E-state index in [1.54, 1.807) is 24.8 Å². The molecule has 0 radical (unpaired) electrons. The molecule has 0 aliphatic carbocycles. The van der Waals surface area contributed by atoms with Gasteiger partial charge < -0.3 is 10.5 Å². The van der Waals surface area contributed by atoms with Crippen molar-refractivity contribution in [1.29, 1.82) is 0 Å². The number of hydrogen-bond donors (Lipinski definition) is 1. The third-order valence-corrected chi connectivity index (χ3v) is 3.89. The number of carbonyl (C=O) groups excluding carboxylic acids is 1. The van der Waals surface area contributed by atoms with Crippen molar-refractivity contribution in [3.8, 4) is 0 Å². The minimum absolute atomic E-state index is 0.353. The summed E-state index contributed by atoms with van der Waals surface area (Å²) < 4.78 is 4.83. The van der Waals surface area contributed by atoms with Crippen LogP contribution in [0.2, 0.25) is 10.3 Å². The summed E-state index contributed by atoms with van der Waals surface area (Å²) in [5.41, 5.74) is 6.61. The Balaban J connectivity index is 2.29. The first-order valence-corrected chi connectivity index (χ1v) is 7.76. The predicted octanol–water partition coefficient (Wildman–Crippen LogP) is 2.90. The molecule has 0 saturated heterocycles. The average Bonchev–Trinajstić information content (AvgIpc) is 2.36. The smallest absolute Gasteiger partial charge is 0.322 e. The summed E-state index contributed by atoms with van der Waals surface area (Å²) in [4.78, 5) is 15.3. The van der Waals surface area contributed by atoms with E-state index in [-0.39, 0.29) is 5.97 Å². The van der Waals surface area contributed by atoms with Gasteiger partial charge in [-0.15, -0.1) is 0 Å². The highest BCUT2D eigenvalue weighted by Crippen LogP contribution is 2.22. The topological polar surface area (TPSA) is 65.2 Å². The van der Waals surface area contributed by atoms with Crippen molar-refractivity contribution in [2.24, 2.45) is 5.73 Å². The normalized spacial score (nSPS) is 12.2.